The predicted octanol–water partition coefficient (Wildman–Crippen LogP) is 1.90. The Kier molecular flexibility index (Phi) is 6.37. The van der Waals surface area contributed by atoms with Gasteiger partial charge in [0.05, 0.1) is 18.4 Å². The molecule has 0 bridgehead atoms. The minimum Gasteiger partial charge on any atom is -0.494 e. The lowest BCUT2D eigenvalue weighted by Gasteiger charge is -2.22. The molecule has 3 saturated heterocycles. The average Bonchev–Trinajstić information content (AvgIpc) is 3.40. The number of hydrogen-bond acceptors (Lipinski definition) is 5. The first kappa shape index (κ1) is 20.8. The summed E-state index contributed by atoms with van der Waals surface area (Å²) in [6.07, 6.45) is 3.18. The zero-order chi connectivity index (χ0) is 21.1. The van der Waals surface area contributed by atoms with Gasteiger partial charge in [-0.2, -0.15) is 0 Å². The number of nitrogens with zero attached hydrogens (tertiary/aromatic N) is 3. The molecule has 0 N–H and O–H groups in total. The van der Waals surface area contributed by atoms with E-state index in [1.807, 2.05) is 17.0 Å². The SMILES string of the molecule is CCCOc1ccc(CN2C[C@@H]3C(=O)N(CCCN4CCCC4=O)C(=O)[C@@H]3C2)cc1. The second-order valence-electron chi connectivity index (χ2n) is 8.57. The minimum absolute atomic E-state index is 0.0384. The van der Waals surface area contributed by atoms with Crippen molar-refractivity contribution in [3.8, 4) is 5.75 Å². The summed E-state index contributed by atoms with van der Waals surface area (Å²) >= 11 is 0. The third-order valence-electron chi connectivity index (χ3n) is 6.35. The highest BCUT2D eigenvalue weighted by Crippen LogP contribution is 2.34. The Bertz CT molecular complexity index is 770. The molecule has 2 atom stereocenters. The zero-order valence-electron chi connectivity index (χ0n) is 17.7. The number of amides is 3. The van der Waals surface area contributed by atoms with E-state index in [4.69, 9.17) is 4.74 Å². The summed E-state index contributed by atoms with van der Waals surface area (Å²) < 4.78 is 5.62. The smallest absolute Gasteiger partial charge is 0.234 e. The van der Waals surface area contributed by atoms with Crippen molar-refractivity contribution in [1.82, 2.24) is 14.7 Å². The number of likely N-dealkylation sites (tertiary alicyclic amines) is 3. The fraction of sp³-hybridized carbons (Fsp3) is 0.609. The van der Waals surface area contributed by atoms with Crippen LogP contribution in [0.2, 0.25) is 0 Å². The van der Waals surface area contributed by atoms with Gasteiger partial charge in [0.15, 0.2) is 0 Å². The Morgan fingerprint density at radius 1 is 1.00 bits per heavy atom. The number of hydrogen-bond donors (Lipinski definition) is 0. The van der Waals surface area contributed by atoms with E-state index in [1.54, 1.807) is 0 Å². The van der Waals surface area contributed by atoms with Gasteiger partial charge < -0.3 is 9.64 Å². The van der Waals surface area contributed by atoms with Crippen LogP contribution >= 0.6 is 0 Å². The third kappa shape index (κ3) is 4.36. The van der Waals surface area contributed by atoms with Crippen LogP contribution in [0.4, 0.5) is 0 Å². The van der Waals surface area contributed by atoms with Gasteiger partial charge in [0.1, 0.15) is 5.75 Å². The summed E-state index contributed by atoms with van der Waals surface area (Å²) in [6, 6.07) is 8.06. The first-order chi connectivity index (χ1) is 14.6. The van der Waals surface area contributed by atoms with E-state index in [2.05, 4.69) is 24.0 Å². The van der Waals surface area contributed by atoms with Crippen molar-refractivity contribution in [3.63, 3.8) is 0 Å². The van der Waals surface area contributed by atoms with Crippen LogP contribution in [-0.2, 0) is 20.9 Å². The van der Waals surface area contributed by atoms with Gasteiger partial charge in [-0.1, -0.05) is 19.1 Å². The van der Waals surface area contributed by atoms with Crippen LogP contribution in [0.3, 0.4) is 0 Å². The molecule has 30 heavy (non-hydrogen) atoms. The molecule has 0 aromatic heterocycles. The van der Waals surface area contributed by atoms with Crippen LogP contribution in [0.25, 0.3) is 0 Å². The van der Waals surface area contributed by atoms with Gasteiger partial charge in [-0.25, -0.2) is 0 Å². The van der Waals surface area contributed by atoms with Gasteiger partial charge in [-0.15, -0.1) is 0 Å². The molecule has 3 amide bonds. The molecule has 0 radical (unpaired) electrons. The van der Waals surface area contributed by atoms with Crippen molar-refractivity contribution in [3.05, 3.63) is 29.8 Å². The molecule has 0 saturated carbocycles. The number of fused-ring (bicyclic) bond motifs is 1. The van der Waals surface area contributed by atoms with Crippen LogP contribution < -0.4 is 4.74 Å². The van der Waals surface area contributed by atoms with Crippen molar-refractivity contribution >= 4 is 17.7 Å². The molecule has 3 fully saturated rings. The molecule has 7 heteroatoms. The summed E-state index contributed by atoms with van der Waals surface area (Å²) in [7, 11) is 0. The molecule has 0 aliphatic carbocycles. The molecule has 3 heterocycles. The molecular formula is C23H31N3O4. The highest BCUT2D eigenvalue weighted by Gasteiger charge is 2.51. The molecule has 4 rings (SSSR count). The molecular weight excluding hydrogens is 382 g/mol. The number of carbonyl (C=O) groups is 3. The summed E-state index contributed by atoms with van der Waals surface area (Å²) in [6.45, 7) is 6.64. The second-order valence-corrected chi connectivity index (χ2v) is 8.57. The molecule has 3 aliphatic heterocycles. The van der Waals surface area contributed by atoms with Gasteiger partial charge in [0.25, 0.3) is 0 Å². The quantitative estimate of drug-likeness (QED) is 0.579. The van der Waals surface area contributed by atoms with Crippen LogP contribution in [0.1, 0.15) is 38.2 Å². The van der Waals surface area contributed by atoms with E-state index in [-0.39, 0.29) is 29.6 Å². The Hall–Kier alpha value is -2.41. The maximum absolute atomic E-state index is 12.8. The third-order valence-corrected chi connectivity index (χ3v) is 6.35. The van der Waals surface area contributed by atoms with Crippen molar-refractivity contribution < 1.29 is 19.1 Å². The normalized spacial score (nSPS) is 24.2. The summed E-state index contributed by atoms with van der Waals surface area (Å²) in [4.78, 5) is 42.8. The Balaban J connectivity index is 1.26. The molecule has 162 valence electrons. The average molecular weight is 414 g/mol. The van der Waals surface area contributed by atoms with Crippen molar-refractivity contribution in [1.29, 1.82) is 0 Å². The van der Waals surface area contributed by atoms with Crippen molar-refractivity contribution in [2.24, 2.45) is 11.8 Å². The van der Waals surface area contributed by atoms with E-state index in [1.165, 1.54) is 4.90 Å². The largest absolute Gasteiger partial charge is 0.494 e. The molecule has 3 aliphatic rings. The summed E-state index contributed by atoms with van der Waals surface area (Å²) in [5.41, 5.74) is 1.16. The molecule has 1 aromatic rings. The van der Waals surface area contributed by atoms with Gasteiger partial charge in [0, 0.05) is 45.7 Å². The van der Waals surface area contributed by atoms with Crippen molar-refractivity contribution in [2.75, 3.05) is 39.3 Å². The number of carbonyl (C=O) groups excluding carboxylic acids is 3. The first-order valence-corrected chi connectivity index (χ1v) is 11.1. The standard InChI is InChI=1S/C23H31N3O4/c1-2-13-30-18-8-6-17(7-9-18)14-24-15-19-20(16-24)23(29)26(22(19)28)12-4-11-25-10-3-5-21(25)27/h6-9,19-20H,2-5,10-16H2,1H3/t19-,20+. The van der Waals surface area contributed by atoms with Crippen LogP contribution in [0.15, 0.2) is 24.3 Å². The zero-order valence-corrected chi connectivity index (χ0v) is 17.7. The molecule has 0 unspecified atom stereocenters. The summed E-state index contributed by atoms with van der Waals surface area (Å²) in [5, 5.41) is 0. The van der Waals surface area contributed by atoms with E-state index in [0.717, 1.165) is 37.2 Å². The first-order valence-electron chi connectivity index (χ1n) is 11.1. The van der Waals surface area contributed by atoms with Gasteiger partial charge in [0.2, 0.25) is 17.7 Å². The number of rotatable bonds is 9. The minimum atomic E-state index is -0.224. The lowest BCUT2D eigenvalue weighted by molar-refractivity contribution is -0.140. The van der Waals surface area contributed by atoms with Gasteiger partial charge in [-0.3, -0.25) is 24.2 Å². The van der Waals surface area contributed by atoms with E-state index in [9.17, 15) is 14.4 Å². The highest BCUT2D eigenvalue weighted by molar-refractivity contribution is 6.05. The summed E-state index contributed by atoms with van der Waals surface area (Å²) in [5.74, 6) is 0.533. The lowest BCUT2D eigenvalue weighted by atomic mass is 10.00. The van der Waals surface area contributed by atoms with Crippen LogP contribution in [0, 0.1) is 11.8 Å². The monoisotopic (exact) mass is 413 g/mol. The Morgan fingerprint density at radius 2 is 1.70 bits per heavy atom. The van der Waals surface area contributed by atoms with Crippen LogP contribution in [0.5, 0.6) is 5.75 Å². The van der Waals surface area contributed by atoms with Gasteiger partial charge in [-0.05, 0) is 37.0 Å². The number of benzene rings is 1. The maximum Gasteiger partial charge on any atom is 0.234 e. The van der Waals surface area contributed by atoms with E-state index >= 15 is 0 Å². The fourth-order valence-corrected chi connectivity index (χ4v) is 4.77. The maximum atomic E-state index is 12.8. The molecule has 1 aromatic carbocycles. The topological polar surface area (TPSA) is 70.2 Å². The Labute approximate surface area is 177 Å². The van der Waals surface area contributed by atoms with E-state index < -0.39 is 0 Å². The van der Waals surface area contributed by atoms with E-state index in [0.29, 0.717) is 45.6 Å². The van der Waals surface area contributed by atoms with Gasteiger partial charge >= 0.3 is 0 Å². The number of imide groups is 1. The lowest BCUT2D eigenvalue weighted by Crippen LogP contribution is -2.38. The van der Waals surface area contributed by atoms with Crippen LogP contribution in [-0.4, -0.2) is 71.8 Å². The van der Waals surface area contributed by atoms with Crippen molar-refractivity contribution in [2.45, 2.75) is 39.2 Å². The second kappa shape index (κ2) is 9.16. The predicted molar refractivity (Wildman–Crippen MR) is 112 cm³/mol. The highest BCUT2D eigenvalue weighted by atomic mass is 16.5. The molecule has 0 spiro atoms. The fourth-order valence-electron chi connectivity index (χ4n) is 4.77. The Morgan fingerprint density at radius 3 is 2.30 bits per heavy atom. The number of ether oxygens (including phenoxy) is 1. The molecule has 7 nitrogen and oxygen atoms in total.